The zero-order valence-electron chi connectivity index (χ0n) is 19.4. The zero-order valence-corrected chi connectivity index (χ0v) is 20.2. The van der Waals surface area contributed by atoms with Crippen molar-refractivity contribution in [2.24, 2.45) is 0 Å². The summed E-state index contributed by atoms with van der Waals surface area (Å²) in [6.07, 6.45) is -1.42. The number of methoxy groups -OCH3 is 1. The molecule has 0 radical (unpaired) electrons. The molecule has 0 spiro atoms. The number of aliphatic carboxylic acids is 1. The van der Waals surface area contributed by atoms with E-state index in [1.807, 2.05) is 36.4 Å². The molecule has 1 aliphatic carbocycles. The molecule has 9 nitrogen and oxygen atoms in total. The van der Waals surface area contributed by atoms with Crippen LogP contribution in [0, 0.1) is 6.92 Å². The first-order valence-corrected chi connectivity index (χ1v) is 11.8. The van der Waals surface area contributed by atoms with Crippen molar-refractivity contribution in [3.63, 3.8) is 0 Å². The maximum atomic E-state index is 12.6. The molecule has 10 heteroatoms. The van der Waals surface area contributed by atoms with Gasteiger partial charge in [-0.1, -0.05) is 59.9 Å². The van der Waals surface area contributed by atoms with Crippen molar-refractivity contribution in [3.8, 4) is 11.1 Å². The molecule has 0 saturated heterocycles. The van der Waals surface area contributed by atoms with Gasteiger partial charge >= 0.3 is 12.1 Å². The summed E-state index contributed by atoms with van der Waals surface area (Å²) in [5, 5.41) is 14.5. The molecule has 182 valence electrons. The Morgan fingerprint density at radius 2 is 1.69 bits per heavy atom. The fraction of sp³-hybridized carbons (Fsp3) is 0.280. The number of rotatable bonds is 8. The van der Waals surface area contributed by atoms with E-state index in [-0.39, 0.29) is 22.5 Å². The van der Waals surface area contributed by atoms with Crippen molar-refractivity contribution in [1.82, 2.24) is 10.3 Å². The summed E-state index contributed by atoms with van der Waals surface area (Å²) in [5.74, 6) is -1.91. The van der Waals surface area contributed by atoms with Crippen molar-refractivity contribution < 1.29 is 29.0 Å². The van der Waals surface area contributed by atoms with Gasteiger partial charge in [-0.2, -0.15) is 0 Å². The van der Waals surface area contributed by atoms with Gasteiger partial charge in [0.2, 0.25) is 0 Å². The van der Waals surface area contributed by atoms with Gasteiger partial charge in [-0.3, -0.25) is 10.1 Å². The van der Waals surface area contributed by atoms with Crippen molar-refractivity contribution in [3.05, 3.63) is 70.2 Å². The standard InChI is InChI=1S/C25H25N3O6S/c1-13-21(22(29)27-20(23(30)31)14(2)33-3)35-24(26-13)28-25(32)34-12-19-17-10-6-4-8-15(17)16-9-5-7-11-18(16)19/h4-11,14,19-20H,12H2,1-3H3,(H,27,29)(H,30,31)(H,26,28,32). The molecule has 0 saturated carbocycles. The lowest BCUT2D eigenvalue weighted by Crippen LogP contribution is -2.48. The van der Waals surface area contributed by atoms with E-state index < -0.39 is 30.1 Å². The Kier molecular flexibility index (Phi) is 7.13. The SMILES string of the molecule is COC(C)C(NC(=O)c1sc(NC(=O)OCC2c3ccccc3-c3ccccc32)nc1C)C(=O)O. The third kappa shape index (κ3) is 5.03. The number of aryl methyl sites for hydroxylation is 1. The van der Waals surface area contributed by atoms with Gasteiger partial charge < -0.3 is 19.9 Å². The minimum Gasteiger partial charge on any atom is -0.480 e. The predicted molar refractivity (Wildman–Crippen MR) is 131 cm³/mol. The monoisotopic (exact) mass is 495 g/mol. The summed E-state index contributed by atoms with van der Waals surface area (Å²) in [6.45, 7) is 3.29. The van der Waals surface area contributed by atoms with Crippen LogP contribution in [0.3, 0.4) is 0 Å². The Morgan fingerprint density at radius 1 is 1.09 bits per heavy atom. The number of carboxylic acid groups (broad SMARTS) is 1. The Labute approximate surface area is 206 Å². The molecule has 35 heavy (non-hydrogen) atoms. The fourth-order valence-corrected chi connectivity index (χ4v) is 4.96. The number of ether oxygens (including phenoxy) is 2. The molecule has 2 aromatic carbocycles. The number of carbonyl (C=O) groups is 3. The van der Waals surface area contributed by atoms with Crippen LogP contribution in [-0.2, 0) is 14.3 Å². The highest BCUT2D eigenvalue weighted by molar-refractivity contribution is 7.17. The van der Waals surface area contributed by atoms with Gasteiger partial charge in [-0.05, 0) is 36.1 Å². The number of carboxylic acids is 1. The number of nitrogens with one attached hydrogen (secondary N) is 2. The van der Waals surface area contributed by atoms with Crippen molar-refractivity contribution in [2.75, 3.05) is 19.0 Å². The second-order valence-corrected chi connectivity index (χ2v) is 9.11. The van der Waals surface area contributed by atoms with Crippen LogP contribution in [0.25, 0.3) is 11.1 Å². The number of amides is 2. The largest absolute Gasteiger partial charge is 0.480 e. The first-order valence-electron chi connectivity index (χ1n) is 11.0. The van der Waals surface area contributed by atoms with Crippen molar-refractivity contribution in [2.45, 2.75) is 31.9 Å². The molecule has 0 fully saturated rings. The van der Waals surface area contributed by atoms with Crippen LogP contribution in [0.2, 0.25) is 0 Å². The van der Waals surface area contributed by atoms with Gasteiger partial charge in [-0.25, -0.2) is 14.6 Å². The maximum Gasteiger partial charge on any atom is 0.413 e. The zero-order chi connectivity index (χ0) is 25.1. The maximum absolute atomic E-state index is 12.6. The first kappa shape index (κ1) is 24.4. The molecule has 4 rings (SSSR count). The number of carbonyl (C=O) groups excluding carboxylic acids is 2. The fourth-order valence-electron chi connectivity index (χ4n) is 4.11. The van der Waals surface area contributed by atoms with Crippen LogP contribution in [0.4, 0.5) is 9.93 Å². The molecule has 2 atom stereocenters. The summed E-state index contributed by atoms with van der Waals surface area (Å²) in [4.78, 5) is 41.0. The van der Waals surface area contributed by atoms with E-state index in [2.05, 4.69) is 27.8 Å². The minimum absolute atomic E-state index is 0.0803. The predicted octanol–water partition coefficient (Wildman–Crippen LogP) is 4.03. The number of thiazole rings is 1. The Bertz CT molecular complexity index is 1230. The van der Waals surface area contributed by atoms with Crippen molar-refractivity contribution >= 4 is 34.4 Å². The second-order valence-electron chi connectivity index (χ2n) is 8.11. The van der Waals surface area contributed by atoms with Crippen LogP contribution in [0.1, 0.15) is 39.3 Å². The summed E-state index contributed by atoms with van der Waals surface area (Å²) in [6, 6.07) is 14.8. The number of fused-ring (bicyclic) bond motifs is 3. The normalized spacial score (nSPS) is 13.9. The lowest BCUT2D eigenvalue weighted by molar-refractivity contribution is -0.142. The quantitative estimate of drug-likeness (QED) is 0.431. The average Bonchev–Trinajstić information content (AvgIpc) is 3.37. The summed E-state index contributed by atoms with van der Waals surface area (Å²) in [5.41, 5.74) is 4.82. The van der Waals surface area contributed by atoms with E-state index in [0.29, 0.717) is 5.69 Å². The molecular weight excluding hydrogens is 470 g/mol. The molecule has 0 bridgehead atoms. The van der Waals surface area contributed by atoms with E-state index >= 15 is 0 Å². The average molecular weight is 496 g/mol. The summed E-state index contributed by atoms with van der Waals surface area (Å²) >= 11 is 0.935. The number of aromatic nitrogens is 1. The number of hydrogen-bond donors (Lipinski definition) is 3. The van der Waals surface area contributed by atoms with Crippen LogP contribution in [0.15, 0.2) is 48.5 Å². The molecule has 3 N–H and O–H groups in total. The van der Waals surface area contributed by atoms with Crippen LogP contribution < -0.4 is 10.6 Å². The van der Waals surface area contributed by atoms with Gasteiger partial charge in [0, 0.05) is 13.0 Å². The molecule has 3 aromatic rings. The van der Waals surface area contributed by atoms with Crippen molar-refractivity contribution in [1.29, 1.82) is 0 Å². The highest BCUT2D eigenvalue weighted by atomic mass is 32.1. The molecule has 2 unspecified atom stereocenters. The number of anilines is 1. The number of nitrogens with zero attached hydrogens (tertiary/aromatic N) is 1. The molecular formula is C25H25N3O6S. The van der Waals surface area contributed by atoms with E-state index in [9.17, 15) is 19.5 Å². The van der Waals surface area contributed by atoms with Gasteiger partial charge in [0.25, 0.3) is 5.91 Å². The summed E-state index contributed by atoms with van der Waals surface area (Å²) in [7, 11) is 1.36. The van der Waals surface area contributed by atoms with E-state index in [0.717, 1.165) is 33.6 Å². The number of benzene rings is 2. The van der Waals surface area contributed by atoms with Crippen LogP contribution >= 0.6 is 11.3 Å². The van der Waals surface area contributed by atoms with Gasteiger partial charge in [0.15, 0.2) is 11.2 Å². The van der Waals surface area contributed by atoms with E-state index in [1.165, 1.54) is 7.11 Å². The van der Waals surface area contributed by atoms with Crippen LogP contribution in [-0.4, -0.2) is 53.9 Å². The van der Waals surface area contributed by atoms with Gasteiger partial charge in [0.1, 0.15) is 11.5 Å². The van der Waals surface area contributed by atoms with Gasteiger partial charge in [-0.15, -0.1) is 0 Å². The van der Waals surface area contributed by atoms with Crippen LogP contribution in [0.5, 0.6) is 0 Å². The second kappa shape index (κ2) is 10.2. The highest BCUT2D eigenvalue weighted by Crippen LogP contribution is 2.44. The Hall–Kier alpha value is -3.76. The third-order valence-corrected chi connectivity index (χ3v) is 7.02. The van der Waals surface area contributed by atoms with Gasteiger partial charge in [0.05, 0.1) is 11.8 Å². The van der Waals surface area contributed by atoms with E-state index in [4.69, 9.17) is 9.47 Å². The third-order valence-electron chi connectivity index (χ3n) is 5.95. The lowest BCUT2D eigenvalue weighted by Gasteiger charge is -2.19. The highest BCUT2D eigenvalue weighted by Gasteiger charge is 2.30. The Morgan fingerprint density at radius 3 is 2.26 bits per heavy atom. The molecule has 1 aliphatic rings. The molecule has 1 aromatic heterocycles. The molecule has 0 aliphatic heterocycles. The topological polar surface area (TPSA) is 127 Å². The van der Waals surface area contributed by atoms with E-state index in [1.54, 1.807) is 13.8 Å². The molecule has 1 heterocycles. The summed E-state index contributed by atoms with van der Waals surface area (Å²) < 4.78 is 10.5. The number of hydrogen-bond acceptors (Lipinski definition) is 7. The lowest BCUT2D eigenvalue weighted by atomic mass is 9.98. The Balaban J connectivity index is 1.41. The smallest absolute Gasteiger partial charge is 0.413 e. The minimum atomic E-state index is -1.23. The first-order chi connectivity index (χ1) is 16.8. The molecule has 2 amide bonds.